The van der Waals surface area contributed by atoms with Crippen LogP contribution in [0.5, 0.6) is 0 Å². The van der Waals surface area contributed by atoms with E-state index in [0.717, 1.165) is 24.8 Å². The van der Waals surface area contributed by atoms with E-state index >= 15 is 0 Å². The lowest BCUT2D eigenvalue weighted by Gasteiger charge is -2.35. The summed E-state index contributed by atoms with van der Waals surface area (Å²) in [6.07, 6.45) is 3.58. The van der Waals surface area contributed by atoms with Gasteiger partial charge in [0.2, 0.25) is 5.91 Å². The molecule has 0 radical (unpaired) electrons. The number of nitrogens with zero attached hydrogens (tertiary/aromatic N) is 3. The first-order valence-corrected chi connectivity index (χ1v) is 7.93. The van der Waals surface area contributed by atoms with Crippen molar-refractivity contribution in [1.82, 2.24) is 9.88 Å². The lowest BCUT2D eigenvalue weighted by atomic mass is 9.84. The third-order valence-corrected chi connectivity index (χ3v) is 5.21. The van der Waals surface area contributed by atoms with Crippen molar-refractivity contribution in [3.05, 3.63) is 29.6 Å². The van der Waals surface area contributed by atoms with Crippen molar-refractivity contribution in [1.29, 1.82) is 5.26 Å². The maximum atomic E-state index is 13.5. The molecular formula is C17H19F2N3O. The molecule has 3 rings (SSSR count). The van der Waals surface area contributed by atoms with Crippen molar-refractivity contribution in [2.24, 2.45) is 5.41 Å². The van der Waals surface area contributed by atoms with Crippen LogP contribution in [0.4, 0.5) is 8.78 Å². The minimum Gasteiger partial charge on any atom is -0.332 e. The molecule has 1 aromatic heterocycles. The van der Waals surface area contributed by atoms with Crippen LogP contribution in [0.15, 0.2) is 18.5 Å². The summed E-state index contributed by atoms with van der Waals surface area (Å²) >= 11 is 0. The molecule has 0 N–H and O–H groups in total. The molecule has 122 valence electrons. The second-order valence-electron chi connectivity index (χ2n) is 6.69. The summed E-state index contributed by atoms with van der Waals surface area (Å²) in [5.41, 5.74) is -0.430. The molecule has 6 heteroatoms. The molecule has 23 heavy (non-hydrogen) atoms. The van der Waals surface area contributed by atoms with Crippen molar-refractivity contribution in [3.8, 4) is 6.07 Å². The van der Waals surface area contributed by atoms with Crippen molar-refractivity contribution in [3.63, 3.8) is 0 Å². The van der Waals surface area contributed by atoms with Gasteiger partial charge in [0, 0.05) is 18.4 Å². The van der Waals surface area contributed by atoms with Gasteiger partial charge in [-0.25, -0.2) is 8.78 Å². The van der Waals surface area contributed by atoms with Crippen LogP contribution in [0.1, 0.15) is 56.2 Å². The van der Waals surface area contributed by atoms with Gasteiger partial charge in [-0.1, -0.05) is 6.42 Å². The summed E-state index contributed by atoms with van der Waals surface area (Å²) in [6.45, 7) is 1.38. The molecule has 3 atom stereocenters. The third kappa shape index (κ3) is 2.58. The number of aromatic nitrogens is 1. The highest BCUT2D eigenvalue weighted by Crippen LogP contribution is 2.46. The lowest BCUT2D eigenvalue weighted by Crippen LogP contribution is -2.47. The predicted octanol–water partition coefficient (Wildman–Crippen LogP) is 3.44. The molecule has 0 aromatic carbocycles. The Morgan fingerprint density at radius 1 is 1.39 bits per heavy atom. The van der Waals surface area contributed by atoms with Crippen molar-refractivity contribution >= 4 is 5.91 Å². The van der Waals surface area contributed by atoms with Gasteiger partial charge < -0.3 is 4.90 Å². The molecule has 0 saturated carbocycles. The van der Waals surface area contributed by atoms with E-state index in [4.69, 9.17) is 5.26 Å². The number of hydrogen-bond acceptors (Lipinski definition) is 3. The zero-order chi connectivity index (χ0) is 16.6. The molecule has 2 saturated heterocycles. The monoisotopic (exact) mass is 319 g/mol. The first kappa shape index (κ1) is 15.9. The first-order valence-electron chi connectivity index (χ1n) is 7.93. The second kappa shape index (κ2) is 5.88. The second-order valence-corrected chi connectivity index (χ2v) is 6.69. The largest absolute Gasteiger partial charge is 0.332 e. The number of fused-ring (bicyclic) bond motifs is 1. The molecular weight excluding hydrogens is 300 g/mol. The van der Waals surface area contributed by atoms with Gasteiger partial charge in [-0.3, -0.25) is 9.78 Å². The quantitative estimate of drug-likeness (QED) is 0.839. The Morgan fingerprint density at radius 2 is 2.17 bits per heavy atom. The Labute approximate surface area is 134 Å². The van der Waals surface area contributed by atoms with Crippen LogP contribution in [0, 0.1) is 16.7 Å². The molecule has 1 amide bonds. The van der Waals surface area contributed by atoms with Gasteiger partial charge in [-0.15, -0.1) is 0 Å². The zero-order valence-corrected chi connectivity index (χ0v) is 13.0. The fraction of sp³-hybridized carbons (Fsp3) is 0.588. The number of hydrogen-bond donors (Lipinski definition) is 0. The van der Waals surface area contributed by atoms with Crippen LogP contribution in [0.2, 0.25) is 0 Å². The van der Waals surface area contributed by atoms with Gasteiger partial charge in [0.1, 0.15) is 11.5 Å². The van der Waals surface area contributed by atoms with Crippen LogP contribution in [0.3, 0.4) is 0 Å². The maximum Gasteiger partial charge on any atom is 0.252 e. The predicted molar refractivity (Wildman–Crippen MR) is 79.5 cm³/mol. The van der Waals surface area contributed by atoms with Gasteiger partial charge in [0.05, 0.1) is 11.6 Å². The minimum atomic E-state index is -2.67. The number of pyridine rings is 1. The molecule has 2 aliphatic rings. The van der Waals surface area contributed by atoms with Crippen LogP contribution >= 0.6 is 0 Å². The normalized spacial score (nSPS) is 30.9. The number of carbonyl (C=O) groups excluding carboxylic acids is 1. The lowest BCUT2D eigenvalue weighted by molar-refractivity contribution is -0.152. The highest BCUT2D eigenvalue weighted by Gasteiger charge is 2.51. The van der Waals surface area contributed by atoms with E-state index in [1.165, 1.54) is 13.1 Å². The van der Waals surface area contributed by atoms with Crippen molar-refractivity contribution < 1.29 is 13.6 Å². The molecule has 1 unspecified atom stereocenters. The number of nitriles is 1. The van der Waals surface area contributed by atoms with E-state index in [2.05, 4.69) is 4.98 Å². The van der Waals surface area contributed by atoms with Crippen LogP contribution in [-0.4, -0.2) is 28.3 Å². The Morgan fingerprint density at radius 3 is 2.87 bits per heavy atom. The Balaban J connectivity index is 1.98. The van der Waals surface area contributed by atoms with E-state index in [1.807, 2.05) is 6.07 Å². The molecule has 3 heterocycles. The number of carbonyl (C=O) groups is 1. The zero-order valence-electron chi connectivity index (χ0n) is 13.0. The fourth-order valence-corrected chi connectivity index (χ4v) is 3.81. The van der Waals surface area contributed by atoms with Gasteiger partial charge in [0.15, 0.2) is 0 Å². The summed E-state index contributed by atoms with van der Waals surface area (Å²) in [5, 5.41) is 9.02. The molecule has 4 nitrogen and oxygen atoms in total. The Kier molecular flexibility index (Phi) is 4.05. The van der Waals surface area contributed by atoms with Gasteiger partial charge in [-0.2, -0.15) is 5.26 Å². The average molecular weight is 319 g/mol. The van der Waals surface area contributed by atoms with Crippen molar-refractivity contribution in [2.75, 3.05) is 0 Å². The Bertz CT molecular complexity index is 657. The van der Waals surface area contributed by atoms with Gasteiger partial charge >= 0.3 is 0 Å². The maximum absolute atomic E-state index is 13.5. The molecule has 0 bridgehead atoms. The topological polar surface area (TPSA) is 57.0 Å². The van der Waals surface area contributed by atoms with E-state index in [9.17, 15) is 13.6 Å². The fourth-order valence-electron chi connectivity index (χ4n) is 3.81. The van der Waals surface area contributed by atoms with Crippen LogP contribution in [-0.2, 0) is 4.79 Å². The number of rotatable bonds is 2. The highest BCUT2D eigenvalue weighted by atomic mass is 19.3. The van der Waals surface area contributed by atoms with E-state index in [0.29, 0.717) is 12.0 Å². The molecule has 0 spiro atoms. The SMILES string of the molecule is CC1(C(F)F)CCC[C@H]2CC[C@H](c3cncc(C#N)c3)N2C1=O. The number of halogens is 2. The van der Waals surface area contributed by atoms with Gasteiger partial charge in [0.25, 0.3) is 6.43 Å². The van der Waals surface area contributed by atoms with Crippen molar-refractivity contribution in [2.45, 2.75) is 57.5 Å². The summed E-state index contributed by atoms with van der Waals surface area (Å²) in [7, 11) is 0. The molecule has 1 aromatic rings. The first-order chi connectivity index (χ1) is 11.0. The average Bonchev–Trinajstić information content (AvgIpc) is 2.92. The third-order valence-electron chi connectivity index (χ3n) is 5.21. The minimum absolute atomic E-state index is 0.0128. The highest BCUT2D eigenvalue weighted by molar-refractivity contribution is 5.84. The van der Waals surface area contributed by atoms with Gasteiger partial charge in [-0.05, 0) is 44.2 Å². The van der Waals surface area contributed by atoms with Crippen LogP contribution in [0.25, 0.3) is 0 Å². The smallest absolute Gasteiger partial charge is 0.252 e. The summed E-state index contributed by atoms with van der Waals surface area (Å²) in [4.78, 5) is 18.6. The number of alkyl halides is 2. The van der Waals surface area contributed by atoms with Crippen LogP contribution < -0.4 is 0 Å². The van der Waals surface area contributed by atoms with E-state index in [1.54, 1.807) is 17.2 Å². The Hall–Kier alpha value is -2.03. The van der Waals surface area contributed by atoms with E-state index in [-0.39, 0.29) is 18.5 Å². The summed E-state index contributed by atoms with van der Waals surface area (Å²) < 4.78 is 27.1. The molecule has 0 aliphatic carbocycles. The van der Waals surface area contributed by atoms with E-state index < -0.39 is 17.7 Å². The molecule has 2 fully saturated rings. The standard InChI is InChI=1S/C17H19F2N3O/c1-17(15(18)19)6-2-3-13-4-5-14(22(13)16(17)23)12-7-11(8-20)9-21-10-12/h7,9-10,13-15H,2-6H2,1H3/t13-,14+,17?/m0/s1. The molecule has 2 aliphatic heterocycles. The number of amides is 1. The summed E-state index contributed by atoms with van der Waals surface area (Å²) in [5.74, 6) is -0.458. The summed E-state index contributed by atoms with van der Waals surface area (Å²) in [6, 6.07) is 3.49.